The standard InChI is InChI=1S/C21H20ClFN4O2/c1-25(16-4-6-17(29-2)7-5-16)13-15-12-20-21(28)26(9-10-27(20)24-15)19-11-14(23)3-8-18(19)22/h3-8,11-12H,9-10,13H2,1-2H3. The van der Waals surface area contributed by atoms with E-state index in [1.165, 1.54) is 23.1 Å². The van der Waals surface area contributed by atoms with Crippen LogP contribution in [0.4, 0.5) is 15.8 Å². The molecule has 1 aromatic heterocycles. The molecular weight excluding hydrogens is 395 g/mol. The Hall–Kier alpha value is -3.06. The van der Waals surface area contributed by atoms with Gasteiger partial charge in [-0.2, -0.15) is 5.10 Å². The number of rotatable bonds is 5. The third-order valence-electron chi connectivity index (χ3n) is 4.94. The van der Waals surface area contributed by atoms with E-state index in [1.807, 2.05) is 36.2 Å². The van der Waals surface area contributed by atoms with E-state index in [4.69, 9.17) is 16.3 Å². The van der Waals surface area contributed by atoms with Crippen molar-refractivity contribution in [3.05, 3.63) is 70.8 Å². The fourth-order valence-electron chi connectivity index (χ4n) is 3.42. The minimum absolute atomic E-state index is 0.241. The van der Waals surface area contributed by atoms with E-state index in [2.05, 4.69) is 5.10 Å². The number of hydrogen-bond acceptors (Lipinski definition) is 4. The van der Waals surface area contributed by atoms with E-state index in [0.29, 0.717) is 36.0 Å². The largest absolute Gasteiger partial charge is 0.497 e. The smallest absolute Gasteiger partial charge is 0.276 e. The average molecular weight is 415 g/mol. The molecule has 4 rings (SSSR count). The summed E-state index contributed by atoms with van der Waals surface area (Å²) in [7, 11) is 3.59. The second-order valence-electron chi connectivity index (χ2n) is 6.85. The third-order valence-corrected chi connectivity index (χ3v) is 5.26. The van der Waals surface area contributed by atoms with Crippen molar-refractivity contribution in [2.75, 3.05) is 30.5 Å². The van der Waals surface area contributed by atoms with Crippen molar-refractivity contribution >= 4 is 28.9 Å². The van der Waals surface area contributed by atoms with Gasteiger partial charge in [0, 0.05) is 19.3 Å². The van der Waals surface area contributed by atoms with Gasteiger partial charge in [-0.3, -0.25) is 9.48 Å². The number of amides is 1. The van der Waals surface area contributed by atoms with Crippen molar-refractivity contribution in [3.63, 3.8) is 0 Å². The lowest BCUT2D eigenvalue weighted by molar-refractivity contribution is 0.0962. The summed E-state index contributed by atoms with van der Waals surface area (Å²) in [5.41, 5.74) is 2.63. The molecule has 1 aliphatic rings. The van der Waals surface area contributed by atoms with Gasteiger partial charge in [-0.15, -0.1) is 0 Å². The van der Waals surface area contributed by atoms with Gasteiger partial charge in [-0.05, 0) is 48.5 Å². The van der Waals surface area contributed by atoms with Crippen LogP contribution in [0.5, 0.6) is 5.75 Å². The summed E-state index contributed by atoms with van der Waals surface area (Å²) in [6, 6.07) is 13.5. The Morgan fingerprint density at radius 3 is 2.66 bits per heavy atom. The SMILES string of the molecule is COc1ccc(N(C)Cc2cc3n(n2)CCN(c2cc(F)ccc2Cl)C3=O)cc1. The summed E-state index contributed by atoms with van der Waals surface area (Å²) in [5, 5.41) is 4.90. The second-order valence-corrected chi connectivity index (χ2v) is 7.26. The number of methoxy groups -OCH3 is 1. The monoisotopic (exact) mass is 414 g/mol. The summed E-state index contributed by atoms with van der Waals surface area (Å²) in [5.74, 6) is 0.119. The minimum atomic E-state index is -0.432. The molecule has 0 bridgehead atoms. The van der Waals surface area contributed by atoms with E-state index in [1.54, 1.807) is 17.9 Å². The Bertz CT molecular complexity index is 1050. The molecule has 29 heavy (non-hydrogen) atoms. The van der Waals surface area contributed by atoms with Gasteiger partial charge in [0.1, 0.15) is 17.3 Å². The maximum atomic E-state index is 13.7. The zero-order valence-electron chi connectivity index (χ0n) is 16.1. The first-order valence-electron chi connectivity index (χ1n) is 9.15. The highest BCUT2D eigenvalue weighted by Crippen LogP contribution is 2.30. The van der Waals surface area contributed by atoms with Crippen molar-refractivity contribution in [3.8, 4) is 5.75 Å². The Morgan fingerprint density at radius 2 is 1.93 bits per heavy atom. The van der Waals surface area contributed by atoms with Gasteiger partial charge in [0.05, 0.1) is 36.6 Å². The van der Waals surface area contributed by atoms with Crippen LogP contribution >= 0.6 is 11.6 Å². The van der Waals surface area contributed by atoms with Crippen LogP contribution in [-0.2, 0) is 13.1 Å². The Kier molecular flexibility index (Phi) is 5.15. The summed E-state index contributed by atoms with van der Waals surface area (Å²) < 4.78 is 20.5. The van der Waals surface area contributed by atoms with Crippen molar-refractivity contribution < 1.29 is 13.9 Å². The molecule has 0 atom stereocenters. The van der Waals surface area contributed by atoms with E-state index in [0.717, 1.165) is 17.1 Å². The quantitative estimate of drug-likeness (QED) is 0.633. The number of fused-ring (bicyclic) bond motifs is 1. The lowest BCUT2D eigenvalue weighted by atomic mass is 10.2. The van der Waals surface area contributed by atoms with Crippen molar-refractivity contribution in [1.29, 1.82) is 0 Å². The second kappa shape index (κ2) is 7.75. The number of hydrogen-bond donors (Lipinski definition) is 0. The highest BCUT2D eigenvalue weighted by atomic mass is 35.5. The molecule has 0 saturated carbocycles. The lowest BCUT2D eigenvalue weighted by Crippen LogP contribution is -2.40. The molecule has 0 saturated heterocycles. The number of nitrogens with zero attached hydrogens (tertiary/aromatic N) is 4. The van der Waals surface area contributed by atoms with Crippen LogP contribution in [0, 0.1) is 5.82 Å². The van der Waals surface area contributed by atoms with Crippen LogP contribution < -0.4 is 14.5 Å². The first kappa shape index (κ1) is 19.3. The van der Waals surface area contributed by atoms with Crippen LogP contribution in [0.25, 0.3) is 0 Å². The molecule has 1 aliphatic heterocycles. The van der Waals surface area contributed by atoms with Gasteiger partial charge < -0.3 is 14.5 Å². The molecule has 0 radical (unpaired) electrons. The number of benzene rings is 2. The fourth-order valence-corrected chi connectivity index (χ4v) is 3.64. The third kappa shape index (κ3) is 3.78. The molecule has 0 spiro atoms. The molecule has 1 amide bonds. The number of carbonyl (C=O) groups excluding carboxylic acids is 1. The lowest BCUT2D eigenvalue weighted by Gasteiger charge is -2.28. The molecule has 0 aliphatic carbocycles. The van der Waals surface area contributed by atoms with Crippen LogP contribution in [0.1, 0.15) is 16.2 Å². The van der Waals surface area contributed by atoms with Crippen molar-refractivity contribution in [1.82, 2.24) is 9.78 Å². The highest BCUT2D eigenvalue weighted by Gasteiger charge is 2.29. The summed E-state index contributed by atoms with van der Waals surface area (Å²) in [6.45, 7) is 1.44. The molecule has 8 heteroatoms. The molecule has 0 N–H and O–H groups in total. The van der Waals surface area contributed by atoms with E-state index in [9.17, 15) is 9.18 Å². The summed E-state index contributed by atoms with van der Waals surface area (Å²) >= 11 is 6.19. The first-order valence-corrected chi connectivity index (χ1v) is 9.53. The van der Waals surface area contributed by atoms with Gasteiger partial charge in [0.25, 0.3) is 5.91 Å². The van der Waals surface area contributed by atoms with E-state index >= 15 is 0 Å². The van der Waals surface area contributed by atoms with Crippen molar-refractivity contribution in [2.24, 2.45) is 0 Å². The molecular formula is C21H20ClFN4O2. The van der Waals surface area contributed by atoms with Gasteiger partial charge in [0.15, 0.2) is 0 Å². The van der Waals surface area contributed by atoms with E-state index < -0.39 is 5.82 Å². The molecule has 150 valence electrons. The number of aromatic nitrogens is 2. The van der Waals surface area contributed by atoms with Gasteiger partial charge in [0.2, 0.25) is 0 Å². The number of ether oxygens (including phenoxy) is 1. The Labute approximate surface area is 173 Å². The van der Waals surface area contributed by atoms with Crippen LogP contribution in [0.3, 0.4) is 0 Å². The van der Waals surface area contributed by atoms with Gasteiger partial charge >= 0.3 is 0 Å². The number of anilines is 2. The zero-order valence-corrected chi connectivity index (χ0v) is 16.9. The van der Waals surface area contributed by atoms with E-state index in [-0.39, 0.29) is 5.91 Å². The maximum Gasteiger partial charge on any atom is 0.276 e. The predicted octanol–water partition coefficient (Wildman–Crippen LogP) is 3.98. The highest BCUT2D eigenvalue weighted by molar-refractivity contribution is 6.34. The average Bonchev–Trinajstić information content (AvgIpc) is 3.14. The normalized spacial score (nSPS) is 13.4. The summed E-state index contributed by atoms with van der Waals surface area (Å²) in [6.07, 6.45) is 0. The topological polar surface area (TPSA) is 50.6 Å². The van der Waals surface area contributed by atoms with Gasteiger partial charge in [-0.1, -0.05) is 11.6 Å². The molecule has 2 heterocycles. The Balaban J connectivity index is 1.54. The molecule has 0 fully saturated rings. The molecule has 2 aromatic carbocycles. The van der Waals surface area contributed by atoms with Crippen LogP contribution in [-0.4, -0.2) is 36.4 Å². The number of halogens is 2. The molecule has 0 unspecified atom stereocenters. The Morgan fingerprint density at radius 1 is 1.17 bits per heavy atom. The summed E-state index contributed by atoms with van der Waals surface area (Å²) in [4.78, 5) is 16.5. The van der Waals surface area contributed by atoms with Crippen molar-refractivity contribution in [2.45, 2.75) is 13.1 Å². The molecule has 3 aromatic rings. The maximum absolute atomic E-state index is 13.7. The van der Waals surface area contributed by atoms with Gasteiger partial charge in [-0.25, -0.2) is 4.39 Å². The zero-order chi connectivity index (χ0) is 20.5. The minimum Gasteiger partial charge on any atom is -0.497 e. The number of carbonyl (C=O) groups is 1. The predicted molar refractivity (Wildman–Crippen MR) is 110 cm³/mol. The first-order chi connectivity index (χ1) is 14.0. The molecule has 6 nitrogen and oxygen atoms in total. The van der Waals surface area contributed by atoms with Crippen LogP contribution in [0.2, 0.25) is 5.02 Å². The van der Waals surface area contributed by atoms with Crippen LogP contribution in [0.15, 0.2) is 48.5 Å². The fraction of sp³-hybridized carbons (Fsp3) is 0.238.